The predicted octanol–water partition coefficient (Wildman–Crippen LogP) is 1.47. The maximum Gasteiger partial charge on any atom is 0.305 e. The van der Waals surface area contributed by atoms with E-state index in [1.165, 1.54) is 0 Å². The summed E-state index contributed by atoms with van der Waals surface area (Å²) in [4.78, 5) is 11.1. The molecule has 0 aliphatic carbocycles. The van der Waals surface area contributed by atoms with E-state index in [4.69, 9.17) is 4.74 Å². The second kappa shape index (κ2) is 5.97. The second-order valence-electron chi connectivity index (χ2n) is 3.57. The van der Waals surface area contributed by atoms with Gasteiger partial charge < -0.3 is 10.1 Å². The van der Waals surface area contributed by atoms with Gasteiger partial charge in [-0.05, 0) is 12.8 Å². The van der Waals surface area contributed by atoms with Crippen LogP contribution in [0.4, 0.5) is 0 Å². The van der Waals surface area contributed by atoms with Crippen LogP contribution in [0.15, 0.2) is 0 Å². The molecule has 0 radical (unpaired) electrons. The van der Waals surface area contributed by atoms with Crippen molar-refractivity contribution < 1.29 is 9.53 Å². The van der Waals surface area contributed by atoms with Gasteiger partial charge in [0.05, 0.1) is 6.61 Å². The largest absolute Gasteiger partial charge is 0.466 e. The van der Waals surface area contributed by atoms with E-state index in [2.05, 4.69) is 12.2 Å². The van der Waals surface area contributed by atoms with Crippen molar-refractivity contribution in [3.8, 4) is 0 Å². The summed E-state index contributed by atoms with van der Waals surface area (Å²) in [6, 6.07) is 0.614. The molecule has 0 bridgehead atoms. The number of unbranched alkanes of at least 4 members (excludes halogenated alkanes) is 2. The van der Waals surface area contributed by atoms with Crippen LogP contribution in [-0.2, 0) is 9.53 Å². The summed E-state index contributed by atoms with van der Waals surface area (Å²) in [6.45, 7) is 3.81. The molecule has 1 heterocycles. The topological polar surface area (TPSA) is 48.2 Å². The van der Waals surface area contributed by atoms with Crippen LogP contribution < -0.4 is 5.32 Å². The molecule has 1 atom stereocenters. The van der Waals surface area contributed by atoms with Gasteiger partial charge >= 0.3 is 5.97 Å². The smallest absolute Gasteiger partial charge is 0.305 e. The van der Waals surface area contributed by atoms with Gasteiger partial charge in [-0.1, -0.05) is 19.8 Å². The normalized spacial score (nSPS) is 19.9. The number of nitrogens with one attached hydrogen (secondary N) is 1. The molecule has 76 valence electrons. The van der Waals surface area contributed by atoms with Crippen molar-refractivity contribution in [3.05, 3.63) is 0 Å². The molecular weight excluding hydrogens is 166 g/mol. The Kier molecular flexibility index (Phi) is 4.83. The Labute approximate surface area is 79.8 Å². The molecule has 0 amide bonds. The molecule has 1 rings (SSSR count). The fraction of sp³-hybridized carbons (Fsp3) is 0.900. The first-order chi connectivity index (χ1) is 6.33. The standard InChI is InChI=1S/C10H19NO2/c1-2-3-4-5-10(12)13-7-6-9-8-11-9/h9,11H,2-8H2,1H3. The molecular formula is C10H19NO2. The molecule has 1 aliphatic rings. The van der Waals surface area contributed by atoms with Crippen LogP contribution in [-0.4, -0.2) is 25.2 Å². The highest BCUT2D eigenvalue weighted by Gasteiger charge is 2.19. The van der Waals surface area contributed by atoms with E-state index in [1.807, 2.05) is 0 Å². The lowest BCUT2D eigenvalue weighted by Gasteiger charge is -2.02. The fourth-order valence-corrected chi connectivity index (χ4v) is 1.19. The Bertz CT molecular complexity index is 155. The zero-order chi connectivity index (χ0) is 9.52. The summed E-state index contributed by atoms with van der Waals surface area (Å²) in [5, 5.41) is 3.17. The van der Waals surface area contributed by atoms with E-state index in [9.17, 15) is 4.79 Å². The zero-order valence-corrected chi connectivity index (χ0v) is 8.34. The summed E-state index contributed by atoms with van der Waals surface area (Å²) < 4.78 is 5.06. The van der Waals surface area contributed by atoms with E-state index < -0.39 is 0 Å². The minimum atomic E-state index is -0.0332. The predicted molar refractivity (Wildman–Crippen MR) is 51.5 cm³/mol. The van der Waals surface area contributed by atoms with Gasteiger partial charge in [-0.15, -0.1) is 0 Å². The van der Waals surface area contributed by atoms with Gasteiger partial charge in [0.2, 0.25) is 0 Å². The minimum Gasteiger partial charge on any atom is -0.466 e. The number of hydrogen-bond donors (Lipinski definition) is 1. The van der Waals surface area contributed by atoms with Gasteiger partial charge in [0.15, 0.2) is 0 Å². The number of hydrogen-bond acceptors (Lipinski definition) is 3. The van der Waals surface area contributed by atoms with Crippen molar-refractivity contribution in [2.45, 2.75) is 45.1 Å². The lowest BCUT2D eigenvalue weighted by molar-refractivity contribution is -0.143. The monoisotopic (exact) mass is 185 g/mol. The van der Waals surface area contributed by atoms with Crippen molar-refractivity contribution in [1.29, 1.82) is 0 Å². The van der Waals surface area contributed by atoms with E-state index in [0.717, 1.165) is 32.2 Å². The van der Waals surface area contributed by atoms with Crippen LogP contribution in [0.5, 0.6) is 0 Å². The first-order valence-electron chi connectivity index (χ1n) is 5.22. The summed E-state index contributed by atoms with van der Waals surface area (Å²) in [5.74, 6) is -0.0332. The Morgan fingerprint density at radius 1 is 1.54 bits per heavy atom. The molecule has 3 heteroatoms. The zero-order valence-electron chi connectivity index (χ0n) is 8.34. The third-order valence-electron chi connectivity index (χ3n) is 2.21. The lowest BCUT2D eigenvalue weighted by Crippen LogP contribution is -2.07. The van der Waals surface area contributed by atoms with Crippen molar-refractivity contribution in [1.82, 2.24) is 5.32 Å². The maximum atomic E-state index is 11.1. The quantitative estimate of drug-likeness (QED) is 0.371. The highest BCUT2D eigenvalue weighted by atomic mass is 16.5. The molecule has 1 N–H and O–H groups in total. The Morgan fingerprint density at radius 3 is 2.92 bits per heavy atom. The fourth-order valence-electron chi connectivity index (χ4n) is 1.19. The number of rotatable bonds is 7. The highest BCUT2D eigenvalue weighted by molar-refractivity contribution is 5.69. The number of carbonyl (C=O) groups excluding carboxylic acids is 1. The van der Waals surface area contributed by atoms with Crippen molar-refractivity contribution >= 4 is 5.97 Å². The van der Waals surface area contributed by atoms with E-state index in [0.29, 0.717) is 19.1 Å². The Balaban J connectivity index is 1.84. The maximum absolute atomic E-state index is 11.1. The third-order valence-corrected chi connectivity index (χ3v) is 2.21. The van der Waals surface area contributed by atoms with Crippen LogP contribution in [0.3, 0.4) is 0 Å². The number of esters is 1. The minimum absolute atomic E-state index is 0.0332. The molecule has 1 unspecified atom stereocenters. The first-order valence-corrected chi connectivity index (χ1v) is 5.22. The van der Waals surface area contributed by atoms with Crippen LogP contribution in [0.1, 0.15) is 39.0 Å². The van der Waals surface area contributed by atoms with Crippen LogP contribution >= 0.6 is 0 Å². The number of ether oxygens (including phenoxy) is 1. The van der Waals surface area contributed by atoms with Crippen LogP contribution in [0.25, 0.3) is 0 Å². The summed E-state index contributed by atoms with van der Waals surface area (Å²) in [5.41, 5.74) is 0. The molecule has 1 aliphatic heterocycles. The SMILES string of the molecule is CCCCCC(=O)OCCC1CN1. The number of carbonyl (C=O) groups is 1. The lowest BCUT2D eigenvalue weighted by atomic mass is 10.2. The van der Waals surface area contributed by atoms with Crippen molar-refractivity contribution in [2.75, 3.05) is 13.2 Å². The van der Waals surface area contributed by atoms with Gasteiger partial charge in [0.1, 0.15) is 0 Å². The van der Waals surface area contributed by atoms with Crippen molar-refractivity contribution in [3.63, 3.8) is 0 Å². The Hall–Kier alpha value is -0.570. The van der Waals surface area contributed by atoms with E-state index in [-0.39, 0.29) is 5.97 Å². The van der Waals surface area contributed by atoms with Gasteiger partial charge in [0, 0.05) is 19.0 Å². The van der Waals surface area contributed by atoms with Crippen LogP contribution in [0, 0.1) is 0 Å². The highest BCUT2D eigenvalue weighted by Crippen LogP contribution is 2.04. The molecule has 3 nitrogen and oxygen atoms in total. The molecule has 13 heavy (non-hydrogen) atoms. The second-order valence-corrected chi connectivity index (χ2v) is 3.57. The Morgan fingerprint density at radius 2 is 2.31 bits per heavy atom. The van der Waals surface area contributed by atoms with Gasteiger partial charge in [-0.3, -0.25) is 4.79 Å². The molecule has 0 aromatic rings. The summed E-state index contributed by atoms with van der Waals surface area (Å²) in [7, 11) is 0. The van der Waals surface area contributed by atoms with E-state index in [1.54, 1.807) is 0 Å². The summed E-state index contributed by atoms with van der Waals surface area (Å²) >= 11 is 0. The molecule has 0 aromatic carbocycles. The molecule has 0 saturated carbocycles. The van der Waals surface area contributed by atoms with Gasteiger partial charge in [0.25, 0.3) is 0 Å². The van der Waals surface area contributed by atoms with Gasteiger partial charge in [-0.2, -0.15) is 0 Å². The average molecular weight is 185 g/mol. The molecule has 1 fully saturated rings. The van der Waals surface area contributed by atoms with Gasteiger partial charge in [-0.25, -0.2) is 0 Å². The van der Waals surface area contributed by atoms with E-state index >= 15 is 0 Å². The summed E-state index contributed by atoms with van der Waals surface area (Å²) in [6.07, 6.45) is 4.81. The third kappa shape index (κ3) is 5.64. The molecule has 0 spiro atoms. The molecule has 0 aromatic heterocycles. The van der Waals surface area contributed by atoms with Crippen molar-refractivity contribution in [2.24, 2.45) is 0 Å². The first kappa shape index (κ1) is 10.5. The average Bonchev–Trinajstić information content (AvgIpc) is 2.89. The molecule has 1 saturated heterocycles. The van der Waals surface area contributed by atoms with Crippen LogP contribution in [0.2, 0.25) is 0 Å².